The summed E-state index contributed by atoms with van der Waals surface area (Å²) in [5.41, 5.74) is 20.4. The highest BCUT2D eigenvalue weighted by Crippen LogP contribution is 2.44. The average molecular weight is 1010 g/mol. The van der Waals surface area contributed by atoms with Crippen LogP contribution in [0.3, 0.4) is 0 Å². The van der Waals surface area contributed by atoms with E-state index >= 15 is 0 Å². The van der Waals surface area contributed by atoms with Crippen LogP contribution in [0.5, 0.6) is 0 Å². The molecule has 6 heteroatoms. The van der Waals surface area contributed by atoms with Gasteiger partial charge in [-0.3, -0.25) is 4.98 Å². The first-order chi connectivity index (χ1) is 39.1. The lowest BCUT2D eigenvalue weighted by molar-refractivity contribution is 1.13. The number of aryl methyl sites for hydroxylation is 1. The summed E-state index contributed by atoms with van der Waals surface area (Å²) in [5, 5.41) is 6.87. The van der Waals surface area contributed by atoms with E-state index in [4.69, 9.17) is 9.97 Å². The summed E-state index contributed by atoms with van der Waals surface area (Å²) in [6.45, 7) is 2.23. The van der Waals surface area contributed by atoms with Gasteiger partial charge in [0.05, 0.1) is 38.8 Å². The minimum Gasteiger partial charge on any atom is -0.310 e. The highest BCUT2D eigenvalue weighted by Gasteiger charge is 2.22. The molecular formula is C73H50N6. The molecule has 0 unspecified atom stereocenters. The summed E-state index contributed by atoms with van der Waals surface area (Å²) >= 11 is 0. The fraction of sp³-hybridized carbons (Fsp3) is 0.0137. The number of benzene rings is 11. The van der Waals surface area contributed by atoms with E-state index in [0.717, 1.165) is 117 Å². The molecule has 15 aromatic rings. The lowest BCUT2D eigenvalue weighted by atomic mass is 9.96. The van der Waals surface area contributed by atoms with Gasteiger partial charge < -0.3 is 18.9 Å². The molecule has 0 N–H and O–H groups in total. The summed E-state index contributed by atoms with van der Waals surface area (Å²) in [4.78, 5) is 14.7. The van der Waals surface area contributed by atoms with Gasteiger partial charge in [0.15, 0.2) is 0 Å². The Kier molecular flexibility index (Phi) is 11.0. The van der Waals surface area contributed by atoms with Crippen LogP contribution in [-0.2, 0) is 0 Å². The topological polar surface area (TPSA) is 42.1 Å². The number of aromatic nitrogens is 4. The molecule has 0 aliphatic rings. The predicted molar refractivity (Wildman–Crippen MR) is 331 cm³/mol. The van der Waals surface area contributed by atoms with Crippen LogP contribution in [0.2, 0.25) is 0 Å². The lowest BCUT2D eigenvalue weighted by Gasteiger charge is -2.25. The van der Waals surface area contributed by atoms with Gasteiger partial charge in [0.1, 0.15) is 0 Å². The Morgan fingerprint density at radius 2 is 0.772 bits per heavy atom. The largest absolute Gasteiger partial charge is 0.310 e. The number of pyridine rings is 2. The van der Waals surface area contributed by atoms with Gasteiger partial charge in [-0.05, 0) is 157 Å². The maximum absolute atomic E-state index is 5.26. The molecule has 372 valence electrons. The van der Waals surface area contributed by atoms with Crippen LogP contribution in [0, 0.1) is 6.92 Å². The number of rotatable bonds is 10. The van der Waals surface area contributed by atoms with E-state index in [1.54, 1.807) is 0 Å². The number of hydrogen-bond donors (Lipinski definition) is 0. The van der Waals surface area contributed by atoms with Crippen molar-refractivity contribution in [2.24, 2.45) is 0 Å². The number of nitrogens with zero attached hydrogens (tertiary/aromatic N) is 6. The van der Waals surface area contributed by atoms with E-state index in [1.807, 2.05) is 12.3 Å². The van der Waals surface area contributed by atoms with Crippen LogP contribution in [-0.4, -0.2) is 19.1 Å². The first-order valence-electron chi connectivity index (χ1n) is 26.9. The normalized spacial score (nSPS) is 11.6. The number of hydrogen-bond acceptors (Lipinski definition) is 4. The monoisotopic (exact) mass is 1010 g/mol. The van der Waals surface area contributed by atoms with Crippen molar-refractivity contribution in [3.05, 3.63) is 291 Å². The SMILES string of the molecule is Cc1cc(-c2ccc3ccc4cccnc4c3n2)ccc1-c1cc(-n2c3ccccc3c3cc(N(c4ccccc4)c4ccccc4)ccc32)cc(-n2c3ccccc3c3cc(N(c4ccccc4)c4ccccc4)ccc32)c1. The molecule has 0 aliphatic heterocycles. The number of para-hydroxylation sites is 6. The number of fused-ring (bicyclic) bond motifs is 9. The van der Waals surface area contributed by atoms with Gasteiger partial charge in [-0.15, -0.1) is 0 Å². The highest BCUT2D eigenvalue weighted by molar-refractivity contribution is 6.13. The molecule has 0 radical (unpaired) electrons. The Morgan fingerprint density at radius 3 is 1.28 bits per heavy atom. The van der Waals surface area contributed by atoms with Crippen molar-refractivity contribution in [3.8, 4) is 33.8 Å². The van der Waals surface area contributed by atoms with Crippen LogP contribution in [0.15, 0.2) is 285 Å². The molecule has 79 heavy (non-hydrogen) atoms. The van der Waals surface area contributed by atoms with Crippen LogP contribution in [0.1, 0.15) is 5.56 Å². The molecule has 0 fully saturated rings. The predicted octanol–water partition coefficient (Wildman–Crippen LogP) is 19.6. The Balaban J connectivity index is 0.944. The fourth-order valence-corrected chi connectivity index (χ4v) is 12.0. The zero-order valence-electron chi connectivity index (χ0n) is 43.3. The average Bonchev–Trinajstić information content (AvgIpc) is 4.13. The molecule has 0 spiro atoms. The van der Waals surface area contributed by atoms with Gasteiger partial charge in [0.2, 0.25) is 0 Å². The smallest absolute Gasteiger partial charge is 0.0972 e. The van der Waals surface area contributed by atoms with Crippen molar-refractivity contribution < 1.29 is 0 Å². The number of anilines is 6. The fourth-order valence-electron chi connectivity index (χ4n) is 12.0. The Bertz CT molecular complexity index is 4500. The van der Waals surface area contributed by atoms with Crippen LogP contribution in [0.4, 0.5) is 34.1 Å². The first-order valence-corrected chi connectivity index (χ1v) is 26.9. The van der Waals surface area contributed by atoms with Crippen LogP contribution < -0.4 is 9.80 Å². The third-order valence-electron chi connectivity index (χ3n) is 15.6. The van der Waals surface area contributed by atoms with E-state index in [0.29, 0.717) is 0 Å². The van der Waals surface area contributed by atoms with Crippen LogP contribution in [0.25, 0.3) is 99.2 Å². The van der Waals surface area contributed by atoms with Crippen molar-refractivity contribution in [1.82, 2.24) is 19.1 Å². The minimum atomic E-state index is 0.909. The minimum absolute atomic E-state index is 0.909. The van der Waals surface area contributed by atoms with E-state index in [9.17, 15) is 0 Å². The molecular weight excluding hydrogens is 961 g/mol. The van der Waals surface area contributed by atoms with Gasteiger partial charge in [0, 0.05) is 89.6 Å². The molecule has 15 rings (SSSR count). The van der Waals surface area contributed by atoms with Gasteiger partial charge in [-0.25, -0.2) is 4.98 Å². The quantitative estimate of drug-likeness (QED) is 0.128. The summed E-state index contributed by atoms with van der Waals surface area (Å²) in [6, 6.07) is 101. The second-order valence-corrected chi connectivity index (χ2v) is 20.3. The molecule has 0 saturated heterocycles. The van der Waals surface area contributed by atoms with Crippen LogP contribution >= 0.6 is 0 Å². The van der Waals surface area contributed by atoms with Gasteiger partial charge in [-0.2, -0.15) is 0 Å². The molecule has 4 aromatic heterocycles. The van der Waals surface area contributed by atoms with Gasteiger partial charge in [0.25, 0.3) is 0 Å². The molecule has 0 saturated carbocycles. The molecule has 0 aliphatic carbocycles. The molecule has 0 atom stereocenters. The summed E-state index contributed by atoms with van der Waals surface area (Å²) in [7, 11) is 0. The Hall–Kier alpha value is -10.6. The maximum atomic E-state index is 5.26. The zero-order valence-corrected chi connectivity index (χ0v) is 43.3. The summed E-state index contributed by atoms with van der Waals surface area (Å²) in [5.74, 6) is 0. The van der Waals surface area contributed by atoms with Crippen molar-refractivity contribution >= 4 is 99.5 Å². The maximum Gasteiger partial charge on any atom is 0.0972 e. The highest BCUT2D eigenvalue weighted by atomic mass is 15.1. The van der Waals surface area contributed by atoms with E-state index in [1.165, 1.54) is 21.5 Å². The Morgan fingerprint density at radius 1 is 0.316 bits per heavy atom. The third-order valence-corrected chi connectivity index (χ3v) is 15.6. The van der Waals surface area contributed by atoms with E-state index < -0.39 is 0 Å². The summed E-state index contributed by atoms with van der Waals surface area (Å²) in [6.07, 6.45) is 1.85. The first kappa shape index (κ1) is 45.8. The van der Waals surface area contributed by atoms with E-state index in [2.05, 4.69) is 299 Å². The van der Waals surface area contributed by atoms with Gasteiger partial charge in [-0.1, -0.05) is 146 Å². The van der Waals surface area contributed by atoms with Crippen molar-refractivity contribution in [2.75, 3.05) is 9.80 Å². The second-order valence-electron chi connectivity index (χ2n) is 20.3. The molecule has 4 heterocycles. The Labute approximate surface area is 457 Å². The van der Waals surface area contributed by atoms with Crippen molar-refractivity contribution in [2.45, 2.75) is 6.92 Å². The molecule has 6 nitrogen and oxygen atoms in total. The third kappa shape index (κ3) is 7.88. The standard InChI is InChI=1S/C73H50N6/c1-49-43-52(67-39-35-51-33-32-50-19-18-42-74-72(50)73(51)75-67)34-38-62(49)53-44-60(78-68-30-16-14-28-63(68)65-47-58(36-40-70(65)78)76(54-20-6-2-7-21-54)55-22-8-3-9-23-55)46-61(45-53)79-69-31-17-15-29-64(69)66-48-59(37-41-71(66)79)77(56-24-10-4-11-25-56)57-26-12-5-13-27-57/h2-48H,1H3. The zero-order chi connectivity index (χ0) is 52.4. The molecule has 0 bridgehead atoms. The molecule has 0 amide bonds. The van der Waals surface area contributed by atoms with Crippen molar-refractivity contribution in [3.63, 3.8) is 0 Å². The van der Waals surface area contributed by atoms with Crippen molar-refractivity contribution in [1.29, 1.82) is 0 Å². The second kappa shape index (κ2) is 18.9. The lowest BCUT2D eigenvalue weighted by Crippen LogP contribution is -2.09. The van der Waals surface area contributed by atoms with Gasteiger partial charge >= 0.3 is 0 Å². The summed E-state index contributed by atoms with van der Waals surface area (Å²) < 4.78 is 4.92. The molecule has 11 aromatic carbocycles. The van der Waals surface area contributed by atoms with E-state index in [-0.39, 0.29) is 0 Å².